The number of carbonyl (C=O) groups excluding carboxylic acids is 1. The molecule has 0 aliphatic carbocycles. The van der Waals surface area contributed by atoms with E-state index in [4.69, 9.17) is 9.84 Å². The van der Waals surface area contributed by atoms with Crippen LogP contribution in [-0.4, -0.2) is 38.7 Å². The molecule has 0 saturated carbocycles. The van der Waals surface area contributed by atoms with Gasteiger partial charge in [0.25, 0.3) is 0 Å². The van der Waals surface area contributed by atoms with Crippen molar-refractivity contribution in [1.29, 1.82) is 0 Å². The summed E-state index contributed by atoms with van der Waals surface area (Å²) >= 11 is 0. The number of carbonyl (C=O) groups is 1. The second kappa shape index (κ2) is 9.11. The van der Waals surface area contributed by atoms with Crippen LogP contribution in [0.4, 0.5) is 0 Å². The van der Waals surface area contributed by atoms with E-state index in [1.54, 1.807) is 12.4 Å². The van der Waals surface area contributed by atoms with E-state index in [1.165, 1.54) is 0 Å². The first-order chi connectivity index (χ1) is 14.7. The van der Waals surface area contributed by atoms with E-state index in [9.17, 15) is 4.79 Å². The smallest absolute Gasteiger partial charge is 0.227 e. The predicted molar refractivity (Wildman–Crippen MR) is 116 cm³/mol. The summed E-state index contributed by atoms with van der Waals surface area (Å²) in [4.78, 5) is 19.4. The van der Waals surface area contributed by atoms with Gasteiger partial charge in [-0.1, -0.05) is 12.1 Å². The Kier molecular flexibility index (Phi) is 6.12. The predicted octanol–water partition coefficient (Wildman–Crippen LogP) is 4.18. The highest BCUT2D eigenvalue weighted by Gasteiger charge is 2.31. The van der Waals surface area contributed by atoms with E-state index in [1.807, 2.05) is 66.1 Å². The molecule has 1 fully saturated rings. The van der Waals surface area contributed by atoms with Crippen molar-refractivity contribution in [3.05, 3.63) is 66.2 Å². The number of ether oxygens (including phenoxy) is 1. The maximum Gasteiger partial charge on any atom is 0.227 e. The summed E-state index contributed by atoms with van der Waals surface area (Å²) in [5.41, 5.74) is 4.13. The Balaban J connectivity index is 1.57. The molecule has 1 amide bonds. The van der Waals surface area contributed by atoms with Gasteiger partial charge in [-0.05, 0) is 61.6 Å². The number of aromatic nitrogens is 3. The number of nitrogens with zero attached hydrogens (tertiary/aromatic N) is 4. The van der Waals surface area contributed by atoms with Crippen molar-refractivity contribution < 1.29 is 9.53 Å². The summed E-state index contributed by atoms with van der Waals surface area (Å²) in [6.45, 7) is 3.37. The Labute approximate surface area is 177 Å². The third-order valence-corrected chi connectivity index (χ3v) is 5.58. The molecule has 1 aliphatic rings. The van der Waals surface area contributed by atoms with Crippen LogP contribution in [-0.2, 0) is 18.3 Å². The summed E-state index contributed by atoms with van der Waals surface area (Å²) in [5.74, 6) is 0.982. The highest BCUT2D eigenvalue weighted by Crippen LogP contribution is 2.36. The average Bonchev–Trinajstić information content (AvgIpc) is 3.17. The number of hydrogen-bond acceptors (Lipinski definition) is 4. The summed E-state index contributed by atoms with van der Waals surface area (Å²) in [7, 11) is 1.93. The quantitative estimate of drug-likeness (QED) is 0.618. The van der Waals surface area contributed by atoms with Gasteiger partial charge in [-0.3, -0.25) is 14.5 Å². The van der Waals surface area contributed by atoms with Gasteiger partial charge in [0, 0.05) is 37.7 Å². The third kappa shape index (κ3) is 4.37. The van der Waals surface area contributed by atoms with Crippen LogP contribution in [0.2, 0.25) is 0 Å². The molecule has 6 heteroatoms. The third-order valence-electron chi connectivity index (χ3n) is 5.58. The molecule has 4 rings (SSSR count). The molecule has 3 heterocycles. The van der Waals surface area contributed by atoms with Crippen LogP contribution < -0.4 is 4.74 Å². The van der Waals surface area contributed by atoms with E-state index in [2.05, 4.69) is 4.98 Å². The Hall–Kier alpha value is -3.15. The van der Waals surface area contributed by atoms with Crippen LogP contribution in [0.1, 0.15) is 43.5 Å². The Morgan fingerprint density at radius 3 is 2.63 bits per heavy atom. The minimum Gasteiger partial charge on any atom is -0.494 e. The molecule has 156 valence electrons. The van der Waals surface area contributed by atoms with E-state index in [0.29, 0.717) is 13.0 Å². The largest absolute Gasteiger partial charge is 0.494 e. The van der Waals surface area contributed by atoms with Crippen LogP contribution in [0.3, 0.4) is 0 Å². The number of aryl methyl sites for hydroxylation is 1. The van der Waals surface area contributed by atoms with Gasteiger partial charge in [0.2, 0.25) is 5.91 Å². The first-order valence-corrected chi connectivity index (χ1v) is 10.6. The number of likely N-dealkylation sites (tertiary alicyclic amines) is 1. The minimum atomic E-state index is -0.00156. The monoisotopic (exact) mass is 404 g/mol. The van der Waals surface area contributed by atoms with E-state index in [0.717, 1.165) is 53.9 Å². The van der Waals surface area contributed by atoms with Crippen molar-refractivity contribution in [3.8, 4) is 16.9 Å². The van der Waals surface area contributed by atoms with Crippen LogP contribution >= 0.6 is 0 Å². The zero-order chi connectivity index (χ0) is 20.9. The van der Waals surface area contributed by atoms with Crippen molar-refractivity contribution in [3.63, 3.8) is 0 Å². The highest BCUT2D eigenvalue weighted by molar-refractivity contribution is 5.80. The van der Waals surface area contributed by atoms with Crippen LogP contribution in [0, 0.1) is 0 Å². The molecule has 30 heavy (non-hydrogen) atoms. The highest BCUT2D eigenvalue weighted by atomic mass is 16.5. The van der Waals surface area contributed by atoms with Crippen molar-refractivity contribution in [1.82, 2.24) is 19.7 Å². The molecule has 6 nitrogen and oxygen atoms in total. The number of benzene rings is 1. The lowest BCUT2D eigenvalue weighted by atomic mass is 9.94. The molecule has 0 unspecified atom stereocenters. The maximum absolute atomic E-state index is 13.3. The molecule has 0 spiro atoms. The number of amides is 1. The number of hydrogen-bond donors (Lipinski definition) is 0. The fraction of sp³-hybridized carbons (Fsp3) is 0.375. The van der Waals surface area contributed by atoms with Crippen molar-refractivity contribution >= 4 is 5.91 Å². The van der Waals surface area contributed by atoms with Gasteiger partial charge in [0.1, 0.15) is 5.75 Å². The SMILES string of the molecule is CCOc1ccc(CC(=O)N2CCCC[C@H]2c2nn(C)cc2-c2ccncc2)cc1. The van der Waals surface area contributed by atoms with E-state index >= 15 is 0 Å². The van der Waals surface area contributed by atoms with E-state index < -0.39 is 0 Å². The average molecular weight is 405 g/mol. The molecule has 0 N–H and O–H groups in total. The van der Waals surface area contributed by atoms with Crippen molar-refractivity contribution in [2.75, 3.05) is 13.2 Å². The molecule has 1 saturated heterocycles. The number of piperidine rings is 1. The minimum absolute atomic E-state index is 0.00156. The molecule has 3 aromatic rings. The fourth-order valence-electron chi connectivity index (χ4n) is 4.17. The zero-order valence-electron chi connectivity index (χ0n) is 17.6. The summed E-state index contributed by atoms with van der Waals surface area (Å²) < 4.78 is 7.35. The molecule has 0 bridgehead atoms. The lowest BCUT2D eigenvalue weighted by Crippen LogP contribution is -2.39. The summed E-state index contributed by atoms with van der Waals surface area (Å²) in [6.07, 6.45) is 9.08. The van der Waals surface area contributed by atoms with Gasteiger partial charge in [0.15, 0.2) is 0 Å². The van der Waals surface area contributed by atoms with Gasteiger partial charge in [-0.25, -0.2) is 0 Å². The van der Waals surface area contributed by atoms with Gasteiger partial charge < -0.3 is 9.64 Å². The van der Waals surface area contributed by atoms with Gasteiger partial charge in [-0.2, -0.15) is 5.10 Å². The molecule has 1 atom stereocenters. The molecule has 0 radical (unpaired) electrons. The first-order valence-electron chi connectivity index (χ1n) is 10.6. The molecular weight excluding hydrogens is 376 g/mol. The number of pyridine rings is 1. The van der Waals surface area contributed by atoms with Gasteiger partial charge in [-0.15, -0.1) is 0 Å². The van der Waals surface area contributed by atoms with Crippen LogP contribution in [0.25, 0.3) is 11.1 Å². The maximum atomic E-state index is 13.3. The van der Waals surface area contributed by atoms with Crippen LogP contribution in [0.5, 0.6) is 5.75 Å². The molecular formula is C24H28N4O2. The van der Waals surface area contributed by atoms with E-state index in [-0.39, 0.29) is 11.9 Å². The van der Waals surface area contributed by atoms with Gasteiger partial charge in [0.05, 0.1) is 24.8 Å². The second-order valence-corrected chi connectivity index (χ2v) is 7.69. The Bertz CT molecular complexity index is 982. The Morgan fingerprint density at radius 1 is 1.13 bits per heavy atom. The molecule has 2 aromatic heterocycles. The first kappa shape index (κ1) is 20.1. The van der Waals surface area contributed by atoms with Crippen molar-refractivity contribution in [2.24, 2.45) is 7.05 Å². The molecule has 1 aromatic carbocycles. The lowest BCUT2D eigenvalue weighted by Gasteiger charge is -2.35. The fourth-order valence-corrected chi connectivity index (χ4v) is 4.17. The summed E-state index contributed by atoms with van der Waals surface area (Å²) in [6, 6.07) is 11.8. The number of rotatable bonds is 6. The summed E-state index contributed by atoms with van der Waals surface area (Å²) in [5, 5.41) is 4.77. The van der Waals surface area contributed by atoms with Gasteiger partial charge >= 0.3 is 0 Å². The lowest BCUT2D eigenvalue weighted by molar-refractivity contribution is -0.134. The van der Waals surface area contributed by atoms with Crippen LogP contribution in [0.15, 0.2) is 55.0 Å². The topological polar surface area (TPSA) is 60.2 Å². The molecule has 1 aliphatic heterocycles. The standard InChI is InChI=1S/C24H28N4O2/c1-3-30-20-9-7-18(8-10-20)16-23(29)28-15-5-4-6-22(28)24-21(17-27(2)26-24)19-11-13-25-14-12-19/h7-14,17,22H,3-6,15-16H2,1-2H3/t22-/m0/s1. The zero-order valence-corrected chi connectivity index (χ0v) is 17.6. The second-order valence-electron chi connectivity index (χ2n) is 7.69. The Morgan fingerprint density at radius 2 is 1.90 bits per heavy atom. The normalized spacial score (nSPS) is 16.5. The van der Waals surface area contributed by atoms with Crippen molar-refractivity contribution in [2.45, 2.75) is 38.6 Å².